The van der Waals surface area contributed by atoms with Crippen LogP contribution in [0, 0.1) is 5.92 Å². The molecular formula is C13H17Cl2NO. The van der Waals surface area contributed by atoms with Crippen molar-refractivity contribution >= 4 is 23.2 Å². The fraction of sp³-hybridized carbons (Fsp3) is 0.538. The number of benzene rings is 1. The second-order valence-corrected chi connectivity index (χ2v) is 5.54. The van der Waals surface area contributed by atoms with Gasteiger partial charge in [-0.3, -0.25) is 0 Å². The van der Waals surface area contributed by atoms with Crippen LogP contribution in [0.4, 0.5) is 0 Å². The minimum atomic E-state index is -0.233. The number of hydrogen-bond donors (Lipinski definition) is 2. The van der Waals surface area contributed by atoms with E-state index in [-0.39, 0.29) is 12.1 Å². The summed E-state index contributed by atoms with van der Waals surface area (Å²) in [5.74, 6) is 0.496. The topological polar surface area (TPSA) is 32.3 Å². The van der Waals surface area contributed by atoms with Gasteiger partial charge in [0.1, 0.15) is 0 Å². The summed E-state index contributed by atoms with van der Waals surface area (Å²) in [5, 5.41) is 14.4. The van der Waals surface area contributed by atoms with E-state index in [2.05, 4.69) is 5.32 Å². The van der Waals surface area contributed by atoms with Crippen molar-refractivity contribution in [2.24, 2.45) is 5.92 Å². The van der Waals surface area contributed by atoms with E-state index in [1.54, 1.807) is 6.07 Å². The van der Waals surface area contributed by atoms with E-state index in [1.807, 2.05) is 19.1 Å². The van der Waals surface area contributed by atoms with Gasteiger partial charge < -0.3 is 10.4 Å². The first-order chi connectivity index (χ1) is 8.08. The second kappa shape index (κ2) is 5.57. The van der Waals surface area contributed by atoms with E-state index in [4.69, 9.17) is 23.2 Å². The molecule has 0 aliphatic heterocycles. The molecule has 1 aliphatic rings. The van der Waals surface area contributed by atoms with Crippen molar-refractivity contribution in [3.63, 3.8) is 0 Å². The van der Waals surface area contributed by atoms with Crippen LogP contribution in [0.1, 0.15) is 31.4 Å². The van der Waals surface area contributed by atoms with Crippen molar-refractivity contribution in [1.82, 2.24) is 5.32 Å². The van der Waals surface area contributed by atoms with Crippen LogP contribution in [0.2, 0.25) is 10.0 Å². The summed E-state index contributed by atoms with van der Waals surface area (Å²) in [6.07, 6.45) is 2.07. The molecule has 0 bridgehead atoms. The highest BCUT2D eigenvalue weighted by Crippen LogP contribution is 2.32. The van der Waals surface area contributed by atoms with Gasteiger partial charge in [0.2, 0.25) is 0 Å². The van der Waals surface area contributed by atoms with Crippen LogP contribution < -0.4 is 5.32 Å². The molecule has 0 spiro atoms. The van der Waals surface area contributed by atoms with Crippen molar-refractivity contribution in [3.8, 4) is 0 Å². The quantitative estimate of drug-likeness (QED) is 0.862. The maximum atomic E-state index is 9.78. The van der Waals surface area contributed by atoms with Crippen LogP contribution in [0.25, 0.3) is 0 Å². The fourth-order valence-corrected chi connectivity index (χ4v) is 2.48. The van der Waals surface area contributed by atoms with Crippen LogP contribution in [0.3, 0.4) is 0 Å². The summed E-state index contributed by atoms with van der Waals surface area (Å²) in [6.45, 7) is 2.65. The Bertz CT molecular complexity index is 393. The molecular weight excluding hydrogens is 257 g/mol. The van der Waals surface area contributed by atoms with Gasteiger partial charge in [0.15, 0.2) is 0 Å². The SMILES string of the molecule is CC(NCC(O)C1CC1)c1ccc(Cl)cc1Cl. The van der Waals surface area contributed by atoms with Crippen molar-refractivity contribution in [2.75, 3.05) is 6.54 Å². The van der Waals surface area contributed by atoms with Gasteiger partial charge in [-0.15, -0.1) is 0 Å². The van der Waals surface area contributed by atoms with Gasteiger partial charge in [0.25, 0.3) is 0 Å². The Balaban J connectivity index is 1.91. The Morgan fingerprint density at radius 1 is 1.41 bits per heavy atom. The lowest BCUT2D eigenvalue weighted by molar-refractivity contribution is 0.145. The van der Waals surface area contributed by atoms with Crippen LogP contribution in [-0.2, 0) is 0 Å². The maximum Gasteiger partial charge on any atom is 0.0692 e. The number of halogens is 2. The molecule has 2 N–H and O–H groups in total. The van der Waals surface area contributed by atoms with Crippen LogP contribution in [0.5, 0.6) is 0 Å². The summed E-state index contributed by atoms with van der Waals surface area (Å²) < 4.78 is 0. The minimum absolute atomic E-state index is 0.119. The monoisotopic (exact) mass is 273 g/mol. The van der Waals surface area contributed by atoms with Crippen molar-refractivity contribution in [2.45, 2.75) is 31.9 Å². The molecule has 0 radical (unpaired) electrons. The van der Waals surface area contributed by atoms with Crippen molar-refractivity contribution in [3.05, 3.63) is 33.8 Å². The number of aliphatic hydroxyl groups is 1. The molecule has 2 rings (SSSR count). The van der Waals surface area contributed by atoms with E-state index in [9.17, 15) is 5.11 Å². The molecule has 17 heavy (non-hydrogen) atoms. The van der Waals surface area contributed by atoms with E-state index < -0.39 is 0 Å². The lowest BCUT2D eigenvalue weighted by Gasteiger charge is -2.18. The third kappa shape index (κ3) is 3.59. The Hall–Kier alpha value is -0.280. The number of nitrogens with one attached hydrogen (secondary N) is 1. The van der Waals surface area contributed by atoms with Gasteiger partial charge in [-0.25, -0.2) is 0 Å². The lowest BCUT2D eigenvalue weighted by Crippen LogP contribution is -2.30. The molecule has 1 aromatic rings. The van der Waals surface area contributed by atoms with Gasteiger partial charge >= 0.3 is 0 Å². The Kier molecular flexibility index (Phi) is 4.31. The van der Waals surface area contributed by atoms with Crippen LogP contribution >= 0.6 is 23.2 Å². The van der Waals surface area contributed by atoms with Crippen molar-refractivity contribution < 1.29 is 5.11 Å². The van der Waals surface area contributed by atoms with Gasteiger partial charge in [0, 0.05) is 22.6 Å². The molecule has 2 atom stereocenters. The first-order valence-electron chi connectivity index (χ1n) is 5.94. The van der Waals surface area contributed by atoms with E-state index in [0.29, 0.717) is 22.5 Å². The highest BCUT2D eigenvalue weighted by Gasteiger charge is 2.29. The Morgan fingerprint density at radius 3 is 2.71 bits per heavy atom. The van der Waals surface area contributed by atoms with Gasteiger partial charge in [0.05, 0.1) is 6.10 Å². The molecule has 0 saturated heterocycles. The predicted octanol–water partition coefficient (Wildman–Crippen LogP) is 3.41. The standard InChI is InChI=1S/C13H17Cl2NO/c1-8(16-7-13(17)9-2-3-9)11-5-4-10(14)6-12(11)15/h4-6,8-9,13,16-17H,2-3,7H2,1H3. The molecule has 1 aromatic carbocycles. The summed E-state index contributed by atoms with van der Waals surface area (Å²) in [7, 11) is 0. The molecule has 2 nitrogen and oxygen atoms in total. The highest BCUT2D eigenvalue weighted by atomic mass is 35.5. The third-order valence-electron chi connectivity index (χ3n) is 3.23. The number of rotatable bonds is 5. The zero-order valence-electron chi connectivity index (χ0n) is 9.79. The van der Waals surface area contributed by atoms with Crippen LogP contribution in [-0.4, -0.2) is 17.8 Å². The summed E-state index contributed by atoms with van der Waals surface area (Å²) in [5.41, 5.74) is 1.01. The second-order valence-electron chi connectivity index (χ2n) is 4.70. The first-order valence-corrected chi connectivity index (χ1v) is 6.70. The molecule has 2 unspecified atom stereocenters. The fourth-order valence-electron chi connectivity index (χ4n) is 1.91. The minimum Gasteiger partial charge on any atom is -0.392 e. The Labute approximate surface area is 112 Å². The summed E-state index contributed by atoms with van der Waals surface area (Å²) in [4.78, 5) is 0. The normalized spacial score (nSPS) is 19.1. The van der Waals surface area contributed by atoms with Gasteiger partial charge in [-0.05, 0) is 43.4 Å². The lowest BCUT2D eigenvalue weighted by atomic mass is 10.1. The zero-order chi connectivity index (χ0) is 12.4. The smallest absolute Gasteiger partial charge is 0.0692 e. The van der Waals surface area contributed by atoms with E-state index in [0.717, 1.165) is 18.4 Å². The van der Waals surface area contributed by atoms with E-state index in [1.165, 1.54) is 0 Å². The van der Waals surface area contributed by atoms with Crippen molar-refractivity contribution in [1.29, 1.82) is 0 Å². The largest absolute Gasteiger partial charge is 0.392 e. The highest BCUT2D eigenvalue weighted by molar-refractivity contribution is 6.35. The molecule has 94 valence electrons. The third-order valence-corrected chi connectivity index (χ3v) is 3.79. The predicted molar refractivity (Wildman–Crippen MR) is 71.6 cm³/mol. The summed E-state index contributed by atoms with van der Waals surface area (Å²) >= 11 is 12.0. The zero-order valence-corrected chi connectivity index (χ0v) is 11.3. The first kappa shape index (κ1) is 13.2. The summed E-state index contributed by atoms with van der Waals surface area (Å²) in [6, 6.07) is 5.62. The molecule has 4 heteroatoms. The molecule has 0 amide bonds. The average molecular weight is 274 g/mol. The molecule has 1 saturated carbocycles. The van der Waals surface area contributed by atoms with E-state index >= 15 is 0 Å². The Morgan fingerprint density at radius 2 is 2.12 bits per heavy atom. The van der Waals surface area contributed by atoms with Gasteiger partial charge in [-0.2, -0.15) is 0 Å². The molecule has 1 aliphatic carbocycles. The van der Waals surface area contributed by atoms with Gasteiger partial charge in [-0.1, -0.05) is 29.3 Å². The molecule has 0 heterocycles. The molecule has 1 fully saturated rings. The molecule has 0 aromatic heterocycles. The maximum absolute atomic E-state index is 9.78. The van der Waals surface area contributed by atoms with Crippen LogP contribution in [0.15, 0.2) is 18.2 Å². The average Bonchev–Trinajstić information content (AvgIpc) is 3.09. The number of aliphatic hydroxyl groups excluding tert-OH is 1. The number of hydrogen-bond acceptors (Lipinski definition) is 2.